The number of hydrogen-bond donors (Lipinski definition) is 1. The summed E-state index contributed by atoms with van der Waals surface area (Å²) in [6.07, 6.45) is 0. The van der Waals surface area contributed by atoms with E-state index < -0.39 is 0 Å². The van der Waals surface area contributed by atoms with Crippen LogP contribution < -0.4 is 0 Å². The van der Waals surface area contributed by atoms with Crippen LogP contribution in [0.2, 0.25) is 0 Å². The van der Waals surface area contributed by atoms with Crippen LogP contribution >= 0.6 is 0 Å². The van der Waals surface area contributed by atoms with E-state index in [1.54, 1.807) is 0 Å². The first-order valence-electron chi connectivity index (χ1n) is 2.31. The fourth-order valence-corrected chi connectivity index (χ4v) is 0.194. The van der Waals surface area contributed by atoms with Gasteiger partial charge >= 0.3 is 0 Å². The van der Waals surface area contributed by atoms with Crippen LogP contribution in [0.15, 0.2) is 0 Å². The van der Waals surface area contributed by atoms with E-state index in [0.717, 1.165) is 0 Å². The van der Waals surface area contributed by atoms with E-state index in [2.05, 4.69) is 0 Å². The molecule has 0 fully saturated rings. The van der Waals surface area contributed by atoms with E-state index >= 15 is 0 Å². The Kier molecular flexibility index (Phi) is 2.26. The third-order valence-corrected chi connectivity index (χ3v) is 0.498. The van der Waals surface area contributed by atoms with E-state index in [1.807, 2.05) is 20.8 Å². The molecule has 0 saturated carbocycles. The molecule has 0 aliphatic carbocycles. The molecule has 2 nitrogen and oxygen atoms in total. The molecule has 0 aromatic rings. The highest BCUT2D eigenvalue weighted by Gasteiger charge is 2.07. The van der Waals surface area contributed by atoms with Crippen molar-refractivity contribution in [3.8, 4) is 0 Å². The van der Waals surface area contributed by atoms with Crippen LogP contribution in [0.1, 0.15) is 20.8 Å². The summed E-state index contributed by atoms with van der Waals surface area (Å²) in [7, 11) is 0. The van der Waals surface area contributed by atoms with Crippen LogP contribution in [0.5, 0.6) is 0 Å². The minimum Gasteiger partial charge on any atom is -0.371 e. The van der Waals surface area contributed by atoms with E-state index in [4.69, 9.17) is 9.84 Å². The molecule has 0 rings (SSSR count). The van der Waals surface area contributed by atoms with Gasteiger partial charge in [-0.15, -0.1) is 0 Å². The summed E-state index contributed by atoms with van der Waals surface area (Å²) >= 11 is 0. The van der Waals surface area contributed by atoms with Gasteiger partial charge in [-0.25, -0.2) is 0 Å². The number of rotatable bonds is 1. The average Bonchev–Trinajstić information content (AvgIpc) is 1.30. The van der Waals surface area contributed by atoms with Gasteiger partial charge in [0.05, 0.1) is 5.60 Å². The maximum Gasteiger partial charge on any atom is 0.144 e. The number of ether oxygens (including phenoxy) is 1. The lowest BCUT2D eigenvalue weighted by molar-refractivity contribution is -0.0877. The molecule has 0 aromatic heterocycles. The predicted octanol–water partition coefficient (Wildman–Crippen LogP) is 0.751. The average molecular weight is 104 g/mol. The monoisotopic (exact) mass is 104 g/mol. The summed E-state index contributed by atoms with van der Waals surface area (Å²) < 4.78 is 4.78. The van der Waals surface area contributed by atoms with Gasteiger partial charge in [0, 0.05) is 0 Å². The summed E-state index contributed by atoms with van der Waals surface area (Å²) in [4.78, 5) is 0. The molecule has 0 spiro atoms. The molecule has 2 heteroatoms. The highest BCUT2D eigenvalue weighted by molar-refractivity contribution is 4.55. The highest BCUT2D eigenvalue weighted by Crippen LogP contribution is 2.03. The second-order valence-electron chi connectivity index (χ2n) is 2.39. The van der Waals surface area contributed by atoms with Gasteiger partial charge < -0.3 is 9.84 Å². The van der Waals surface area contributed by atoms with Gasteiger partial charge in [0.1, 0.15) is 6.79 Å². The van der Waals surface area contributed by atoms with Crippen LogP contribution in [0.25, 0.3) is 0 Å². The van der Waals surface area contributed by atoms with Gasteiger partial charge in [0.2, 0.25) is 0 Å². The first-order valence-corrected chi connectivity index (χ1v) is 2.31. The molecule has 0 aliphatic rings. The largest absolute Gasteiger partial charge is 0.371 e. The van der Waals surface area contributed by atoms with E-state index in [1.165, 1.54) is 0 Å². The molecule has 0 amide bonds. The summed E-state index contributed by atoms with van der Waals surface area (Å²) in [5.41, 5.74) is -0.200. The smallest absolute Gasteiger partial charge is 0.144 e. The van der Waals surface area contributed by atoms with Crippen molar-refractivity contribution < 1.29 is 9.84 Å². The third-order valence-electron chi connectivity index (χ3n) is 0.498. The van der Waals surface area contributed by atoms with Crippen LogP contribution in [0.3, 0.4) is 0 Å². The first-order chi connectivity index (χ1) is 3.06. The van der Waals surface area contributed by atoms with Gasteiger partial charge in [-0.3, -0.25) is 0 Å². The third kappa shape index (κ3) is 5.92. The van der Waals surface area contributed by atoms with Crippen molar-refractivity contribution in [2.75, 3.05) is 6.79 Å². The Hall–Kier alpha value is -0.0800. The number of aliphatic hydroxyl groups is 1. The van der Waals surface area contributed by atoms with Crippen LogP contribution in [0, 0.1) is 0 Å². The van der Waals surface area contributed by atoms with Crippen molar-refractivity contribution in [2.24, 2.45) is 0 Å². The second kappa shape index (κ2) is 2.28. The number of hydrogen-bond acceptors (Lipinski definition) is 2. The lowest BCUT2D eigenvalue weighted by atomic mass is 10.2. The zero-order valence-electron chi connectivity index (χ0n) is 5.06. The van der Waals surface area contributed by atoms with E-state index in [9.17, 15) is 0 Å². The van der Waals surface area contributed by atoms with Crippen molar-refractivity contribution >= 4 is 0 Å². The quantitative estimate of drug-likeness (QED) is 0.497. The zero-order chi connectivity index (χ0) is 5.91. The SMILES string of the molecule is CC(C)(C)OCO. The minimum atomic E-state index is -0.200. The van der Waals surface area contributed by atoms with E-state index in [-0.39, 0.29) is 12.4 Å². The van der Waals surface area contributed by atoms with Crippen LogP contribution in [-0.4, -0.2) is 17.5 Å². The maximum absolute atomic E-state index is 8.18. The van der Waals surface area contributed by atoms with Gasteiger partial charge in [0.25, 0.3) is 0 Å². The van der Waals surface area contributed by atoms with Crippen LogP contribution in [-0.2, 0) is 4.74 Å². The van der Waals surface area contributed by atoms with Crippen molar-refractivity contribution in [1.29, 1.82) is 0 Å². The van der Waals surface area contributed by atoms with Crippen LogP contribution in [0.4, 0.5) is 0 Å². The second-order valence-corrected chi connectivity index (χ2v) is 2.39. The van der Waals surface area contributed by atoms with Crippen molar-refractivity contribution in [1.82, 2.24) is 0 Å². The van der Waals surface area contributed by atoms with Gasteiger partial charge in [-0.2, -0.15) is 0 Å². The van der Waals surface area contributed by atoms with E-state index in [0.29, 0.717) is 0 Å². The van der Waals surface area contributed by atoms with Gasteiger partial charge in [-0.1, -0.05) is 0 Å². The molecule has 0 heterocycles. The lowest BCUT2D eigenvalue weighted by Crippen LogP contribution is -2.19. The molecule has 0 atom stereocenters. The Bertz CT molecular complexity index is 44.5. The van der Waals surface area contributed by atoms with Crippen molar-refractivity contribution in [3.05, 3.63) is 0 Å². The standard InChI is InChI=1S/C5H12O2/c1-5(2,3)7-4-6/h6H,4H2,1-3H3. The Morgan fingerprint density at radius 1 is 1.43 bits per heavy atom. The maximum atomic E-state index is 8.18. The molecule has 0 unspecified atom stereocenters. The number of aliphatic hydroxyl groups excluding tert-OH is 1. The fourth-order valence-electron chi connectivity index (χ4n) is 0.194. The fraction of sp³-hybridized carbons (Fsp3) is 1.00. The molecule has 0 bridgehead atoms. The normalized spacial score (nSPS) is 12.0. The first kappa shape index (κ1) is 6.92. The van der Waals surface area contributed by atoms with Crippen molar-refractivity contribution in [3.63, 3.8) is 0 Å². The summed E-state index contributed by atoms with van der Waals surface area (Å²) in [6, 6.07) is 0. The van der Waals surface area contributed by atoms with Crippen molar-refractivity contribution in [2.45, 2.75) is 26.4 Å². The lowest BCUT2D eigenvalue weighted by Gasteiger charge is -2.16. The molecule has 0 aliphatic heterocycles. The molecular formula is C5H12O2. The van der Waals surface area contributed by atoms with Gasteiger partial charge in [-0.05, 0) is 20.8 Å². The Balaban J connectivity index is 3.15. The Morgan fingerprint density at radius 2 is 1.86 bits per heavy atom. The molecule has 0 radical (unpaired) electrons. The Morgan fingerprint density at radius 3 is 1.86 bits per heavy atom. The molecule has 7 heavy (non-hydrogen) atoms. The topological polar surface area (TPSA) is 29.5 Å². The highest BCUT2D eigenvalue weighted by atomic mass is 16.6. The molecule has 44 valence electrons. The summed E-state index contributed by atoms with van der Waals surface area (Å²) in [5, 5.41) is 8.18. The predicted molar refractivity (Wildman–Crippen MR) is 27.9 cm³/mol. The molecular weight excluding hydrogens is 92.1 g/mol. The minimum absolute atomic E-state index is 0.191. The molecule has 0 aromatic carbocycles. The summed E-state index contributed by atoms with van der Waals surface area (Å²) in [5.74, 6) is 0. The Labute approximate surface area is 44.1 Å². The molecule has 0 saturated heterocycles. The van der Waals surface area contributed by atoms with Gasteiger partial charge in [0.15, 0.2) is 0 Å². The zero-order valence-corrected chi connectivity index (χ0v) is 5.06. The molecule has 1 N–H and O–H groups in total. The summed E-state index contributed by atoms with van der Waals surface area (Å²) in [6.45, 7) is 5.49.